The number of carbonyl (C=O) groups is 1. The number of benzene rings is 2. The van der Waals surface area contributed by atoms with Crippen molar-refractivity contribution in [3.05, 3.63) is 59.2 Å². The van der Waals surface area contributed by atoms with Crippen molar-refractivity contribution in [1.82, 2.24) is 0 Å². The molecule has 0 bridgehead atoms. The summed E-state index contributed by atoms with van der Waals surface area (Å²) in [5.74, 6) is -0.0899. The van der Waals surface area contributed by atoms with Gasteiger partial charge in [-0.15, -0.1) is 0 Å². The van der Waals surface area contributed by atoms with Gasteiger partial charge in [-0.05, 0) is 60.6 Å². The number of carbonyl (C=O) groups excluding carboxylic acids is 1. The van der Waals surface area contributed by atoms with Gasteiger partial charge in [0.2, 0.25) is 0 Å². The van der Waals surface area contributed by atoms with Crippen LogP contribution in [0, 0.1) is 23.5 Å². The van der Waals surface area contributed by atoms with Crippen LogP contribution in [0.3, 0.4) is 0 Å². The fourth-order valence-corrected chi connectivity index (χ4v) is 5.76. The Labute approximate surface area is 229 Å². The molecular formula is C34H48F2O2. The molecule has 4 heteroatoms. The van der Waals surface area contributed by atoms with Gasteiger partial charge in [0.25, 0.3) is 0 Å². The van der Waals surface area contributed by atoms with Gasteiger partial charge in [0, 0.05) is 12.0 Å². The normalized spacial score (nSPS) is 17.5. The summed E-state index contributed by atoms with van der Waals surface area (Å²) in [5.41, 5.74) is 2.55. The molecule has 1 aliphatic rings. The monoisotopic (exact) mass is 526 g/mol. The first-order valence-electron chi connectivity index (χ1n) is 15.2. The highest BCUT2D eigenvalue weighted by atomic mass is 19.2. The van der Waals surface area contributed by atoms with Crippen molar-refractivity contribution in [3.63, 3.8) is 0 Å². The van der Waals surface area contributed by atoms with Gasteiger partial charge >= 0.3 is 5.97 Å². The van der Waals surface area contributed by atoms with E-state index in [1.54, 1.807) is 12.1 Å². The third-order valence-corrected chi connectivity index (χ3v) is 8.29. The van der Waals surface area contributed by atoms with E-state index in [0.717, 1.165) is 43.6 Å². The van der Waals surface area contributed by atoms with Crippen molar-refractivity contribution in [1.29, 1.82) is 0 Å². The number of hydrogen-bond acceptors (Lipinski definition) is 2. The van der Waals surface area contributed by atoms with Gasteiger partial charge in [0.1, 0.15) is 0 Å². The molecule has 0 heterocycles. The average molecular weight is 527 g/mol. The molecule has 3 rings (SSSR count). The molecule has 210 valence electrons. The smallest absolute Gasteiger partial charge is 0.305 e. The molecule has 2 aromatic carbocycles. The third-order valence-electron chi connectivity index (χ3n) is 8.29. The fraction of sp³-hybridized carbons (Fsp3) is 0.618. The summed E-state index contributed by atoms with van der Waals surface area (Å²) >= 11 is 0. The second kappa shape index (κ2) is 16.7. The predicted octanol–water partition coefficient (Wildman–Crippen LogP) is 10.0. The summed E-state index contributed by atoms with van der Waals surface area (Å²) in [6.45, 7) is 4.87. The van der Waals surface area contributed by atoms with Crippen LogP contribution < -0.4 is 0 Å². The lowest BCUT2D eigenvalue weighted by molar-refractivity contribution is -0.143. The molecule has 1 fully saturated rings. The number of ether oxygens (including phenoxy) is 1. The van der Waals surface area contributed by atoms with Crippen LogP contribution in [0.15, 0.2) is 36.4 Å². The highest BCUT2D eigenvalue weighted by molar-refractivity contribution is 5.69. The van der Waals surface area contributed by atoms with Gasteiger partial charge in [-0.25, -0.2) is 8.78 Å². The Balaban J connectivity index is 1.44. The second-order valence-corrected chi connectivity index (χ2v) is 11.3. The van der Waals surface area contributed by atoms with Crippen molar-refractivity contribution < 1.29 is 18.3 Å². The molecule has 0 atom stereocenters. The summed E-state index contributed by atoms with van der Waals surface area (Å²) in [7, 11) is 0. The standard InChI is InChI=1S/C34H48F2O2/c1-3-5-7-10-26-13-15-28(16-14-26)19-22-30-23-24-31(34(36)33(30)35)29-20-17-27(18-21-29)11-9-12-32(37)38-25-8-6-4-2/h17-18,20-21,23-24,26,28H,3-16,19,22,25H2,1-2H3. The van der Waals surface area contributed by atoms with Crippen LogP contribution in [-0.2, 0) is 22.4 Å². The highest BCUT2D eigenvalue weighted by Crippen LogP contribution is 2.35. The minimum Gasteiger partial charge on any atom is -0.466 e. The zero-order valence-corrected chi connectivity index (χ0v) is 23.7. The van der Waals surface area contributed by atoms with Gasteiger partial charge in [0.05, 0.1) is 6.61 Å². The highest BCUT2D eigenvalue weighted by Gasteiger charge is 2.22. The maximum atomic E-state index is 15.0. The molecule has 0 amide bonds. The number of halogens is 2. The van der Waals surface area contributed by atoms with Crippen molar-refractivity contribution in [2.24, 2.45) is 11.8 Å². The Bertz CT molecular complexity index is 961. The number of rotatable bonds is 16. The minimum absolute atomic E-state index is 0.148. The van der Waals surface area contributed by atoms with Crippen LogP contribution in [0.5, 0.6) is 0 Å². The first kappa shape index (κ1) is 30.3. The molecule has 38 heavy (non-hydrogen) atoms. The van der Waals surface area contributed by atoms with Crippen LogP contribution in [0.2, 0.25) is 0 Å². The van der Waals surface area contributed by atoms with Crippen molar-refractivity contribution >= 4 is 5.97 Å². The lowest BCUT2D eigenvalue weighted by atomic mass is 9.77. The van der Waals surface area contributed by atoms with Crippen LogP contribution in [0.25, 0.3) is 11.1 Å². The molecule has 0 aliphatic heterocycles. The fourth-order valence-electron chi connectivity index (χ4n) is 5.76. The minimum atomic E-state index is -0.749. The maximum absolute atomic E-state index is 15.0. The lowest BCUT2D eigenvalue weighted by Gasteiger charge is -2.28. The van der Waals surface area contributed by atoms with Crippen LogP contribution >= 0.6 is 0 Å². The molecule has 0 spiro atoms. The maximum Gasteiger partial charge on any atom is 0.305 e. The average Bonchev–Trinajstić information content (AvgIpc) is 2.93. The molecule has 0 radical (unpaired) electrons. The van der Waals surface area contributed by atoms with E-state index < -0.39 is 11.6 Å². The van der Waals surface area contributed by atoms with E-state index in [1.165, 1.54) is 51.4 Å². The van der Waals surface area contributed by atoms with Crippen molar-refractivity contribution in [2.75, 3.05) is 6.61 Å². The number of aryl methyl sites for hydroxylation is 2. The Morgan fingerprint density at radius 1 is 0.763 bits per heavy atom. The van der Waals surface area contributed by atoms with Crippen LogP contribution in [0.1, 0.15) is 115 Å². The third kappa shape index (κ3) is 9.82. The number of hydrogen-bond donors (Lipinski definition) is 0. The molecule has 0 N–H and O–H groups in total. The van der Waals surface area contributed by atoms with E-state index in [-0.39, 0.29) is 5.97 Å². The number of esters is 1. The first-order valence-corrected chi connectivity index (χ1v) is 15.2. The van der Waals surface area contributed by atoms with E-state index in [1.807, 2.05) is 24.3 Å². The predicted molar refractivity (Wildman–Crippen MR) is 153 cm³/mol. The lowest BCUT2D eigenvalue weighted by Crippen LogP contribution is -2.15. The Morgan fingerprint density at radius 2 is 1.42 bits per heavy atom. The van der Waals surface area contributed by atoms with E-state index in [0.29, 0.717) is 48.5 Å². The van der Waals surface area contributed by atoms with Crippen molar-refractivity contribution in [3.8, 4) is 11.1 Å². The van der Waals surface area contributed by atoms with Gasteiger partial charge in [0.15, 0.2) is 11.6 Å². The van der Waals surface area contributed by atoms with E-state index >= 15 is 4.39 Å². The summed E-state index contributed by atoms with van der Waals surface area (Å²) in [4.78, 5) is 11.8. The largest absolute Gasteiger partial charge is 0.466 e. The summed E-state index contributed by atoms with van der Waals surface area (Å²) in [6.07, 6.45) is 16.9. The quantitative estimate of drug-likeness (QED) is 0.161. The van der Waals surface area contributed by atoms with Gasteiger partial charge in [-0.1, -0.05) is 114 Å². The zero-order valence-electron chi connectivity index (χ0n) is 23.7. The Hall–Kier alpha value is -2.23. The molecule has 2 nitrogen and oxygen atoms in total. The molecule has 0 saturated heterocycles. The number of unbranched alkanes of at least 4 members (excludes halogenated alkanes) is 4. The zero-order chi connectivity index (χ0) is 27.2. The summed E-state index contributed by atoms with van der Waals surface area (Å²) in [6, 6.07) is 11.0. The Kier molecular flexibility index (Phi) is 13.3. The molecule has 0 aromatic heterocycles. The SMILES string of the molecule is CCCCCOC(=O)CCCc1ccc(-c2ccc(CCC3CCC(CCCCC)CC3)c(F)c2F)cc1. The van der Waals surface area contributed by atoms with E-state index in [2.05, 4.69) is 13.8 Å². The van der Waals surface area contributed by atoms with Crippen LogP contribution in [0.4, 0.5) is 8.78 Å². The second-order valence-electron chi connectivity index (χ2n) is 11.3. The topological polar surface area (TPSA) is 26.3 Å². The molecule has 0 unspecified atom stereocenters. The molecular weight excluding hydrogens is 478 g/mol. The molecule has 2 aromatic rings. The molecule has 1 saturated carbocycles. The summed E-state index contributed by atoms with van der Waals surface area (Å²) < 4.78 is 35.2. The Morgan fingerprint density at radius 3 is 2.11 bits per heavy atom. The van der Waals surface area contributed by atoms with E-state index in [9.17, 15) is 9.18 Å². The van der Waals surface area contributed by atoms with Gasteiger partial charge in [-0.2, -0.15) is 0 Å². The molecule has 1 aliphatic carbocycles. The van der Waals surface area contributed by atoms with Crippen LogP contribution in [-0.4, -0.2) is 12.6 Å². The van der Waals surface area contributed by atoms with Gasteiger partial charge < -0.3 is 4.74 Å². The van der Waals surface area contributed by atoms with Crippen molar-refractivity contribution in [2.45, 2.75) is 117 Å². The summed E-state index contributed by atoms with van der Waals surface area (Å²) in [5, 5.41) is 0. The van der Waals surface area contributed by atoms with E-state index in [4.69, 9.17) is 4.74 Å². The van der Waals surface area contributed by atoms with Gasteiger partial charge in [-0.3, -0.25) is 4.79 Å². The first-order chi connectivity index (χ1) is 18.5.